The van der Waals surface area contributed by atoms with Crippen LogP contribution in [0.1, 0.15) is 48.1 Å². The third-order valence-electron chi connectivity index (χ3n) is 7.58. The fraction of sp³-hybridized carbons (Fsp3) is 0.286. The van der Waals surface area contributed by atoms with Crippen molar-refractivity contribution in [3.8, 4) is 11.1 Å². The number of carbonyl (C=O) groups is 1. The molecule has 41 heavy (non-hydrogen) atoms. The maximum Gasteiger partial charge on any atom is 0.256 e. The van der Waals surface area contributed by atoms with E-state index in [0.29, 0.717) is 18.2 Å². The van der Waals surface area contributed by atoms with Crippen molar-refractivity contribution in [2.45, 2.75) is 38.3 Å². The smallest absolute Gasteiger partial charge is 0.256 e. The van der Waals surface area contributed by atoms with Crippen LogP contribution in [0.5, 0.6) is 0 Å². The largest absolute Gasteiger partial charge is 0.371 e. The highest BCUT2D eigenvalue weighted by atomic mass is 16.6. The molecule has 6 nitrogen and oxygen atoms in total. The van der Waals surface area contributed by atoms with Gasteiger partial charge in [0.1, 0.15) is 0 Å². The Morgan fingerprint density at radius 1 is 0.854 bits per heavy atom. The molecule has 3 N–H and O–H groups in total. The zero-order valence-electron chi connectivity index (χ0n) is 23.8. The summed E-state index contributed by atoms with van der Waals surface area (Å²) in [4.78, 5) is 21.4. The van der Waals surface area contributed by atoms with Crippen LogP contribution in [0.3, 0.4) is 0 Å². The van der Waals surface area contributed by atoms with Crippen molar-refractivity contribution in [2.24, 2.45) is 0 Å². The van der Waals surface area contributed by atoms with Crippen LogP contribution in [0, 0.1) is 0 Å². The van der Waals surface area contributed by atoms with Gasteiger partial charge in [-0.25, -0.2) is 5.48 Å². The van der Waals surface area contributed by atoms with Crippen molar-refractivity contribution in [3.05, 3.63) is 120 Å². The molecule has 1 saturated heterocycles. The number of hydrogen-bond donors (Lipinski definition) is 3. The Balaban J connectivity index is 1.15. The van der Waals surface area contributed by atoms with Crippen LogP contribution < -0.4 is 21.0 Å². The molecule has 4 aromatic carbocycles. The molecule has 5 rings (SSSR count). The third-order valence-corrected chi connectivity index (χ3v) is 7.58. The highest BCUT2D eigenvalue weighted by Gasteiger charge is 2.23. The summed E-state index contributed by atoms with van der Waals surface area (Å²) in [6.45, 7) is 5.53. The number of hydrogen-bond acceptors (Lipinski definition) is 5. The lowest BCUT2D eigenvalue weighted by atomic mass is 9.99. The van der Waals surface area contributed by atoms with Crippen LogP contribution >= 0.6 is 0 Å². The van der Waals surface area contributed by atoms with Gasteiger partial charge in [-0.2, -0.15) is 0 Å². The van der Waals surface area contributed by atoms with Crippen LogP contribution in [-0.4, -0.2) is 38.2 Å². The minimum absolute atomic E-state index is 0.106. The topological polar surface area (TPSA) is 65.6 Å². The van der Waals surface area contributed by atoms with Crippen LogP contribution in [-0.2, 0) is 4.84 Å². The van der Waals surface area contributed by atoms with Gasteiger partial charge in [-0.05, 0) is 66.3 Å². The average Bonchev–Trinajstić information content (AvgIpc) is 3.04. The Labute approximate surface area is 243 Å². The number of anilines is 2. The highest BCUT2D eigenvalue weighted by molar-refractivity contribution is 6.08. The molecule has 1 fully saturated rings. The second kappa shape index (κ2) is 14.6. The standard InChI is InChI=1S/C35H40N4O2/c1-2-23-36-41-26-34(28-13-7-4-8-14-28)37-30-21-24-39(25-22-30)31-19-17-29(18-20-31)38-35(40)33-16-10-9-15-32(33)27-11-5-3-6-12-27/h3-20,30,34,36-37H,2,21-26H2,1H3,(H,38,40). The molecule has 1 aliphatic rings. The van der Waals surface area contributed by atoms with Crippen molar-refractivity contribution < 1.29 is 9.63 Å². The average molecular weight is 549 g/mol. The summed E-state index contributed by atoms with van der Waals surface area (Å²) in [5.41, 5.74) is 8.90. The van der Waals surface area contributed by atoms with E-state index in [1.165, 1.54) is 11.3 Å². The Bertz CT molecular complexity index is 1350. The molecular weight excluding hydrogens is 508 g/mol. The summed E-state index contributed by atoms with van der Waals surface area (Å²) in [5, 5.41) is 6.93. The summed E-state index contributed by atoms with van der Waals surface area (Å²) < 4.78 is 0. The fourth-order valence-electron chi connectivity index (χ4n) is 5.34. The normalized spacial score (nSPS) is 14.5. The summed E-state index contributed by atoms with van der Waals surface area (Å²) in [5.74, 6) is -0.106. The molecular formula is C35H40N4O2. The SMILES string of the molecule is CCCNOCC(NC1CCN(c2ccc(NC(=O)c3ccccc3-c3ccccc3)cc2)CC1)c1ccccc1. The molecule has 0 aliphatic carbocycles. The second-order valence-electron chi connectivity index (χ2n) is 10.5. The number of rotatable bonds is 12. The molecule has 212 valence electrons. The summed E-state index contributed by atoms with van der Waals surface area (Å²) in [6, 6.07) is 37.1. The van der Waals surface area contributed by atoms with Crippen molar-refractivity contribution in [2.75, 3.05) is 36.5 Å². The number of benzene rings is 4. The molecule has 0 radical (unpaired) electrons. The van der Waals surface area contributed by atoms with E-state index in [4.69, 9.17) is 4.84 Å². The summed E-state index contributed by atoms with van der Waals surface area (Å²) in [6.07, 6.45) is 3.15. The van der Waals surface area contributed by atoms with Crippen molar-refractivity contribution >= 4 is 17.3 Å². The molecule has 6 heteroatoms. The van der Waals surface area contributed by atoms with E-state index in [-0.39, 0.29) is 11.9 Å². The Morgan fingerprint density at radius 3 is 2.22 bits per heavy atom. The minimum atomic E-state index is -0.106. The fourth-order valence-corrected chi connectivity index (χ4v) is 5.34. The van der Waals surface area contributed by atoms with Gasteiger partial charge in [-0.3, -0.25) is 9.63 Å². The van der Waals surface area contributed by atoms with Crippen molar-refractivity contribution in [1.82, 2.24) is 10.8 Å². The first-order chi connectivity index (χ1) is 20.2. The number of hydroxylamine groups is 1. The third kappa shape index (κ3) is 7.82. The molecule has 1 unspecified atom stereocenters. The Hall–Kier alpha value is -3.97. The lowest BCUT2D eigenvalue weighted by Crippen LogP contribution is -2.45. The predicted octanol–water partition coefficient (Wildman–Crippen LogP) is 6.84. The van der Waals surface area contributed by atoms with Gasteiger partial charge in [0, 0.05) is 42.6 Å². The Kier molecular flexibility index (Phi) is 10.2. The van der Waals surface area contributed by atoms with Gasteiger partial charge in [0.25, 0.3) is 5.91 Å². The van der Waals surface area contributed by atoms with E-state index in [1.807, 2.05) is 66.7 Å². The molecule has 4 aromatic rings. The predicted molar refractivity (Wildman–Crippen MR) is 168 cm³/mol. The zero-order valence-corrected chi connectivity index (χ0v) is 23.8. The van der Waals surface area contributed by atoms with Gasteiger partial charge < -0.3 is 15.5 Å². The van der Waals surface area contributed by atoms with E-state index in [0.717, 1.165) is 55.7 Å². The first kappa shape index (κ1) is 28.6. The maximum absolute atomic E-state index is 13.2. The van der Waals surface area contributed by atoms with Gasteiger partial charge in [0.15, 0.2) is 0 Å². The van der Waals surface area contributed by atoms with E-state index < -0.39 is 0 Å². The first-order valence-electron chi connectivity index (χ1n) is 14.7. The molecule has 1 amide bonds. The number of amides is 1. The van der Waals surface area contributed by atoms with Crippen LogP contribution in [0.2, 0.25) is 0 Å². The maximum atomic E-state index is 13.2. The lowest BCUT2D eigenvalue weighted by Gasteiger charge is -2.36. The number of carbonyl (C=O) groups excluding carboxylic acids is 1. The van der Waals surface area contributed by atoms with Gasteiger partial charge in [-0.15, -0.1) is 0 Å². The van der Waals surface area contributed by atoms with Crippen molar-refractivity contribution in [1.29, 1.82) is 0 Å². The molecule has 1 atom stereocenters. The summed E-state index contributed by atoms with van der Waals surface area (Å²) >= 11 is 0. The molecule has 1 aliphatic heterocycles. The van der Waals surface area contributed by atoms with Crippen LogP contribution in [0.25, 0.3) is 11.1 Å². The zero-order chi connectivity index (χ0) is 28.3. The van der Waals surface area contributed by atoms with E-state index in [1.54, 1.807) is 0 Å². The molecule has 0 spiro atoms. The number of nitrogens with one attached hydrogen (secondary N) is 3. The van der Waals surface area contributed by atoms with Crippen molar-refractivity contribution in [3.63, 3.8) is 0 Å². The number of nitrogens with zero attached hydrogens (tertiary/aromatic N) is 1. The Morgan fingerprint density at radius 2 is 1.51 bits per heavy atom. The van der Waals surface area contributed by atoms with Crippen LogP contribution in [0.4, 0.5) is 11.4 Å². The van der Waals surface area contributed by atoms with E-state index in [2.05, 4.69) is 70.4 Å². The first-order valence-corrected chi connectivity index (χ1v) is 14.7. The second-order valence-corrected chi connectivity index (χ2v) is 10.5. The van der Waals surface area contributed by atoms with E-state index in [9.17, 15) is 4.79 Å². The molecule has 0 aromatic heterocycles. The van der Waals surface area contributed by atoms with Gasteiger partial charge in [0.2, 0.25) is 0 Å². The molecule has 1 heterocycles. The monoisotopic (exact) mass is 548 g/mol. The van der Waals surface area contributed by atoms with Crippen LogP contribution in [0.15, 0.2) is 109 Å². The lowest BCUT2D eigenvalue weighted by molar-refractivity contribution is 0.0235. The minimum Gasteiger partial charge on any atom is -0.371 e. The van der Waals surface area contributed by atoms with Gasteiger partial charge in [0.05, 0.1) is 12.6 Å². The summed E-state index contributed by atoms with van der Waals surface area (Å²) in [7, 11) is 0. The number of piperidine rings is 1. The van der Waals surface area contributed by atoms with Gasteiger partial charge >= 0.3 is 0 Å². The van der Waals surface area contributed by atoms with E-state index >= 15 is 0 Å². The molecule has 0 saturated carbocycles. The highest BCUT2D eigenvalue weighted by Crippen LogP contribution is 2.26. The quantitative estimate of drug-likeness (QED) is 0.134. The molecule has 0 bridgehead atoms. The van der Waals surface area contributed by atoms with Gasteiger partial charge in [-0.1, -0.05) is 85.8 Å².